The molecule has 0 amide bonds. The van der Waals surface area contributed by atoms with Gasteiger partial charge in [-0.05, 0) is 25.1 Å². The van der Waals surface area contributed by atoms with Crippen LogP contribution in [0.1, 0.15) is 6.92 Å². The summed E-state index contributed by atoms with van der Waals surface area (Å²) in [5.74, 6) is 0. The Bertz CT molecular complexity index is 1040. The lowest BCUT2D eigenvalue weighted by molar-refractivity contribution is -0.939. The summed E-state index contributed by atoms with van der Waals surface area (Å²) in [7, 11) is 0. The van der Waals surface area contributed by atoms with E-state index in [4.69, 9.17) is 34.8 Å². The van der Waals surface area contributed by atoms with E-state index < -0.39 is 4.92 Å². The largest absolute Gasteiger partial charge is 0.366 e. The highest BCUT2D eigenvalue weighted by Crippen LogP contribution is 2.39. The third-order valence-electron chi connectivity index (χ3n) is 6.66. The van der Waals surface area contributed by atoms with Gasteiger partial charge in [-0.15, -0.1) is 10.2 Å². The monoisotopic (exact) mass is 511 g/mol. The zero-order valence-electron chi connectivity index (χ0n) is 18.4. The Kier molecular flexibility index (Phi) is 7.40. The molecule has 3 heterocycles. The fourth-order valence-corrected chi connectivity index (χ4v) is 5.26. The van der Waals surface area contributed by atoms with E-state index in [9.17, 15) is 10.1 Å². The van der Waals surface area contributed by atoms with Crippen molar-refractivity contribution in [3.63, 3.8) is 0 Å². The number of anilines is 1. The molecule has 3 fully saturated rings. The Balaban J connectivity index is 1.46. The third kappa shape index (κ3) is 5.41. The third-order valence-corrected chi connectivity index (χ3v) is 7.54. The second kappa shape index (κ2) is 10.1. The van der Waals surface area contributed by atoms with Crippen LogP contribution < -0.4 is 4.90 Å². The molecule has 0 radical (unpaired) electrons. The molecule has 0 atom stereocenters. The van der Waals surface area contributed by atoms with Crippen LogP contribution in [-0.2, 0) is 0 Å². The minimum Gasteiger partial charge on any atom is -0.366 e. The first-order valence-electron chi connectivity index (χ1n) is 11.0. The van der Waals surface area contributed by atoms with Crippen molar-refractivity contribution in [3.05, 3.63) is 55.5 Å². The van der Waals surface area contributed by atoms with Gasteiger partial charge in [0.25, 0.3) is 5.69 Å². The average molecular weight is 513 g/mol. The fourth-order valence-electron chi connectivity index (χ4n) is 4.50. The van der Waals surface area contributed by atoms with Gasteiger partial charge in [0.1, 0.15) is 11.4 Å². The first kappa shape index (κ1) is 24.2. The zero-order valence-corrected chi connectivity index (χ0v) is 20.7. The van der Waals surface area contributed by atoms with Crippen molar-refractivity contribution in [2.45, 2.75) is 6.92 Å². The van der Waals surface area contributed by atoms with Crippen molar-refractivity contribution in [2.75, 3.05) is 63.8 Å². The van der Waals surface area contributed by atoms with E-state index in [2.05, 4.69) is 27.0 Å². The molecule has 3 saturated heterocycles. The minimum absolute atomic E-state index is 0.0499. The number of rotatable bonds is 8. The van der Waals surface area contributed by atoms with Gasteiger partial charge in [-0.25, -0.2) is 0 Å². The van der Waals surface area contributed by atoms with Crippen LogP contribution in [0.15, 0.2) is 40.6 Å². The Labute approximate surface area is 208 Å². The van der Waals surface area contributed by atoms with Gasteiger partial charge in [0.15, 0.2) is 0 Å². The number of hydrogen-bond acceptors (Lipinski definition) is 6. The normalized spacial score (nSPS) is 22.1. The van der Waals surface area contributed by atoms with E-state index >= 15 is 0 Å². The Morgan fingerprint density at radius 1 is 1.03 bits per heavy atom. The summed E-state index contributed by atoms with van der Waals surface area (Å²) in [5.41, 5.74) is 1.47. The van der Waals surface area contributed by atoms with Gasteiger partial charge in [-0.1, -0.05) is 34.8 Å². The van der Waals surface area contributed by atoms with Crippen LogP contribution in [0.3, 0.4) is 0 Å². The standard InChI is InChI=1S/C22H26Cl3N6O2/c1-2-29(8-12-31-9-5-28(6-10-31)7-11-31)16-3-4-21(18(23)13-16)26-27-22-19(24)14-17(30(32)33)15-20(22)25/h3-4,13-15H,2,5-12H2,1H3/q+1/b27-26+. The molecule has 33 heavy (non-hydrogen) atoms. The second-order valence-corrected chi connectivity index (χ2v) is 9.73. The van der Waals surface area contributed by atoms with Crippen molar-refractivity contribution in [2.24, 2.45) is 10.2 Å². The number of benzene rings is 2. The smallest absolute Gasteiger partial charge is 0.272 e. The molecule has 2 aromatic carbocycles. The minimum atomic E-state index is -0.566. The van der Waals surface area contributed by atoms with E-state index in [1.165, 1.54) is 55.9 Å². The summed E-state index contributed by atoms with van der Waals surface area (Å²) < 4.78 is 1.21. The number of fused-ring (bicyclic) bond motifs is 3. The number of nitro benzene ring substituents is 1. The number of halogens is 3. The van der Waals surface area contributed by atoms with Crippen molar-refractivity contribution in [1.29, 1.82) is 0 Å². The van der Waals surface area contributed by atoms with E-state index in [0.717, 1.165) is 25.3 Å². The van der Waals surface area contributed by atoms with E-state index in [-0.39, 0.29) is 21.4 Å². The van der Waals surface area contributed by atoms with Crippen LogP contribution in [-0.4, -0.2) is 73.2 Å². The first-order valence-corrected chi connectivity index (χ1v) is 12.1. The van der Waals surface area contributed by atoms with Gasteiger partial charge < -0.3 is 9.38 Å². The molecule has 0 N–H and O–H groups in total. The number of piperazine rings is 3. The maximum Gasteiger partial charge on any atom is 0.272 e. The lowest BCUT2D eigenvalue weighted by Crippen LogP contribution is -2.68. The maximum atomic E-state index is 10.9. The van der Waals surface area contributed by atoms with Gasteiger partial charge in [-0.2, -0.15) is 0 Å². The first-order chi connectivity index (χ1) is 15.8. The number of nitro groups is 1. The van der Waals surface area contributed by atoms with Crippen molar-refractivity contribution in [3.8, 4) is 0 Å². The molecular weight excluding hydrogens is 487 g/mol. The number of likely N-dealkylation sites (N-methyl/N-ethyl adjacent to an activating group) is 1. The summed E-state index contributed by atoms with van der Waals surface area (Å²) in [6.45, 7) is 12.5. The molecule has 2 bridgehead atoms. The zero-order chi connectivity index (χ0) is 23.6. The summed E-state index contributed by atoms with van der Waals surface area (Å²) in [6, 6.07) is 8.08. The van der Waals surface area contributed by atoms with E-state index in [1.807, 2.05) is 18.2 Å². The van der Waals surface area contributed by atoms with Crippen molar-refractivity contribution < 1.29 is 9.41 Å². The topological polar surface area (TPSA) is 74.3 Å². The number of azo groups is 1. The molecule has 0 aromatic heterocycles. The van der Waals surface area contributed by atoms with Crippen LogP contribution in [0.25, 0.3) is 0 Å². The predicted molar refractivity (Wildman–Crippen MR) is 133 cm³/mol. The van der Waals surface area contributed by atoms with Gasteiger partial charge >= 0.3 is 0 Å². The molecule has 176 valence electrons. The van der Waals surface area contributed by atoms with E-state index in [0.29, 0.717) is 10.7 Å². The van der Waals surface area contributed by atoms with Crippen molar-refractivity contribution in [1.82, 2.24) is 4.90 Å². The van der Waals surface area contributed by atoms with Crippen LogP contribution in [0.5, 0.6) is 0 Å². The number of quaternary nitrogens is 1. The number of non-ortho nitro benzene ring substituents is 1. The molecule has 0 unspecified atom stereocenters. The predicted octanol–water partition coefficient (Wildman–Crippen LogP) is 5.94. The maximum absolute atomic E-state index is 10.9. The number of hydrogen-bond donors (Lipinski definition) is 0. The molecule has 0 saturated carbocycles. The molecule has 5 rings (SSSR count). The van der Waals surface area contributed by atoms with Crippen LogP contribution in [0.4, 0.5) is 22.7 Å². The van der Waals surface area contributed by atoms with Gasteiger partial charge in [0.05, 0.1) is 52.7 Å². The Hall–Kier alpha value is -1.97. The lowest BCUT2D eigenvalue weighted by atomic mass is 10.1. The lowest BCUT2D eigenvalue weighted by Gasteiger charge is -2.51. The molecule has 8 nitrogen and oxygen atoms in total. The molecule has 2 aromatic rings. The highest BCUT2D eigenvalue weighted by Gasteiger charge is 2.38. The highest BCUT2D eigenvalue weighted by atomic mass is 35.5. The molecule has 0 aliphatic carbocycles. The summed E-state index contributed by atoms with van der Waals surface area (Å²) in [4.78, 5) is 15.3. The van der Waals surface area contributed by atoms with Crippen LogP contribution in [0, 0.1) is 10.1 Å². The molecule has 3 aliphatic rings. The Morgan fingerprint density at radius 2 is 1.67 bits per heavy atom. The van der Waals surface area contributed by atoms with Gasteiger partial charge in [-0.3, -0.25) is 15.0 Å². The highest BCUT2D eigenvalue weighted by molar-refractivity contribution is 6.39. The van der Waals surface area contributed by atoms with E-state index in [1.54, 1.807) is 0 Å². The summed E-state index contributed by atoms with van der Waals surface area (Å²) >= 11 is 18.7. The molecule has 11 heteroatoms. The summed E-state index contributed by atoms with van der Waals surface area (Å²) in [6.07, 6.45) is 0. The van der Waals surface area contributed by atoms with Gasteiger partial charge in [0, 0.05) is 44.0 Å². The Morgan fingerprint density at radius 3 is 2.21 bits per heavy atom. The SMILES string of the molecule is CCN(CC[N+]12CCN(CC1)CC2)c1ccc(/N=N/c2c(Cl)cc([N+](=O)[O-])cc2Cl)c(Cl)c1. The molecule has 0 spiro atoms. The summed E-state index contributed by atoms with van der Waals surface area (Å²) in [5, 5.41) is 19.8. The average Bonchev–Trinajstić information content (AvgIpc) is 2.81. The number of nitrogens with zero attached hydrogens (tertiary/aromatic N) is 6. The molecular formula is C22H26Cl3N6O2+. The van der Waals surface area contributed by atoms with Crippen LogP contribution in [0.2, 0.25) is 15.1 Å². The molecule has 3 aliphatic heterocycles. The quantitative estimate of drug-likeness (QED) is 0.190. The van der Waals surface area contributed by atoms with Crippen molar-refractivity contribution >= 4 is 57.6 Å². The second-order valence-electron chi connectivity index (χ2n) is 8.51. The fraction of sp³-hybridized carbons (Fsp3) is 0.455. The van der Waals surface area contributed by atoms with Gasteiger partial charge in [0.2, 0.25) is 0 Å². The van der Waals surface area contributed by atoms with Crippen LogP contribution >= 0.6 is 34.8 Å².